The molecule has 0 saturated carbocycles. The molecule has 0 radical (unpaired) electrons. The third-order valence-corrected chi connectivity index (χ3v) is 4.40. The second kappa shape index (κ2) is 7.92. The van der Waals surface area contributed by atoms with E-state index in [1.165, 1.54) is 4.88 Å². The highest BCUT2D eigenvalue weighted by Crippen LogP contribution is 2.16. The predicted octanol–water partition coefficient (Wildman–Crippen LogP) is 2.09. The molecule has 2 N–H and O–H groups in total. The van der Waals surface area contributed by atoms with Crippen LogP contribution in [0.25, 0.3) is 0 Å². The van der Waals surface area contributed by atoms with Crippen molar-refractivity contribution in [2.75, 3.05) is 26.0 Å². The fourth-order valence-electron chi connectivity index (χ4n) is 2.11. The Morgan fingerprint density at radius 1 is 1.17 bits per heavy atom. The van der Waals surface area contributed by atoms with Gasteiger partial charge in [-0.25, -0.2) is 9.97 Å². The predicted molar refractivity (Wildman–Crippen MR) is 97.2 cm³/mol. The second-order valence-corrected chi connectivity index (χ2v) is 6.69. The Hall–Kier alpha value is -2.15. The third-order valence-electron chi connectivity index (χ3n) is 3.33. The summed E-state index contributed by atoms with van der Waals surface area (Å²) in [7, 11) is 5.74. The van der Waals surface area contributed by atoms with E-state index in [1.807, 2.05) is 51.0 Å². The van der Waals surface area contributed by atoms with Gasteiger partial charge in [0, 0.05) is 26.0 Å². The van der Waals surface area contributed by atoms with E-state index >= 15 is 0 Å². The minimum atomic E-state index is 0.627. The van der Waals surface area contributed by atoms with E-state index in [0.29, 0.717) is 6.54 Å². The van der Waals surface area contributed by atoms with E-state index in [4.69, 9.17) is 0 Å². The lowest BCUT2D eigenvalue weighted by molar-refractivity contribution is 0.795. The van der Waals surface area contributed by atoms with Gasteiger partial charge in [-0.1, -0.05) is 6.07 Å². The summed E-state index contributed by atoms with van der Waals surface area (Å²) in [4.78, 5) is 16.5. The van der Waals surface area contributed by atoms with Crippen LogP contribution in [0, 0.1) is 13.8 Å². The van der Waals surface area contributed by atoms with Crippen LogP contribution < -0.4 is 15.5 Å². The van der Waals surface area contributed by atoms with Crippen molar-refractivity contribution >= 4 is 23.1 Å². The average Bonchev–Trinajstić information content (AvgIpc) is 2.85. The number of aromatic nitrogens is 2. The summed E-state index contributed by atoms with van der Waals surface area (Å²) in [6.07, 6.45) is 0. The molecule has 0 spiro atoms. The Labute approximate surface area is 141 Å². The topological polar surface area (TPSA) is 65.4 Å². The monoisotopic (exact) mass is 332 g/mol. The van der Waals surface area contributed by atoms with Crippen LogP contribution in [0.15, 0.2) is 23.2 Å². The normalized spacial score (nSPS) is 11.4. The molecule has 0 saturated heterocycles. The van der Waals surface area contributed by atoms with Crippen LogP contribution in [0.4, 0.5) is 5.82 Å². The van der Waals surface area contributed by atoms with Gasteiger partial charge < -0.3 is 15.5 Å². The Bertz CT molecular complexity index is 677. The number of pyridine rings is 1. The molecule has 0 fully saturated rings. The fraction of sp³-hybridized carbons (Fsp3) is 0.438. The molecule has 124 valence electrons. The molecule has 2 heterocycles. The average molecular weight is 332 g/mol. The minimum absolute atomic E-state index is 0.627. The Balaban J connectivity index is 1.90. The van der Waals surface area contributed by atoms with Crippen LogP contribution in [0.1, 0.15) is 21.3 Å². The summed E-state index contributed by atoms with van der Waals surface area (Å²) in [6.45, 7) is 5.41. The number of hydrogen-bond donors (Lipinski definition) is 2. The van der Waals surface area contributed by atoms with E-state index < -0.39 is 0 Å². The zero-order valence-electron chi connectivity index (χ0n) is 14.3. The molecule has 0 aromatic carbocycles. The number of aryl methyl sites for hydroxylation is 2. The van der Waals surface area contributed by atoms with Gasteiger partial charge in [0.05, 0.1) is 29.5 Å². The van der Waals surface area contributed by atoms with Crippen LogP contribution in [0.2, 0.25) is 0 Å². The van der Waals surface area contributed by atoms with Crippen molar-refractivity contribution in [3.8, 4) is 0 Å². The number of anilines is 1. The maximum atomic E-state index is 4.59. The minimum Gasteiger partial charge on any atom is -0.363 e. The van der Waals surface area contributed by atoms with E-state index in [0.717, 1.165) is 34.7 Å². The van der Waals surface area contributed by atoms with Gasteiger partial charge in [0.2, 0.25) is 0 Å². The smallest absolute Gasteiger partial charge is 0.191 e. The summed E-state index contributed by atoms with van der Waals surface area (Å²) in [5.41, 5.74) is 2.06. The van der Waals surface area contributed by atoms with Crippen LogP contribution >= 0.6 is 11.3 Å². The first-order chi connectivity index (χ1) is 11.0. The van der Waals surface area contributed by atoms with Crippen molar-refractivity contribution in [3.05, 3.63) is 39.5 Å². The largest absolute Gasteiger partial charge is 0.363 e. The molecule has 6 nitrogen and oxygen atoms in total. The lowest BCUT2D eigenvalue weighted by Gasteiger charge is -2.14. The van der Waals surface area contributed by atoms with E-state index in [-0.39, 0.29) is 0 Å². The lowest BCUT2D eigenvalue weighted by Crippen LogP contribution is -2.36. The number of nitrogens with one attached hydrogen (secondary N) is 2. The maximum absolute atomic E-state index is 4.59. The molecule has 0 aliphatic heterocycles. The van der Waals surface area contributed by atoms with Gasteiger partial charge >= 0.3 is 0 Å². The van der Waals surface area contributed by atoms with Gasteiger partial charge in [0.1, 0.15) is 5.82 Å². The fourth-order valence-corrected chi connectivity index (χ4v) is 2.99. The van der Waals surface area contributed by atoms with Crippen LogP contribution in [0.3, 0.4) is 0 Å². The standard InChI is InChI=1S/C16H24N6S/c1-11-14(23-12(2)20-11)10-19-16(17-3)18-9-13-7-6-8-15(21-13)22(4)5/h6-8H,9-10H2,1-5H3,(H2,17,18,19). The zero-order chi connectivity index (χ0) is 16.8. The van der Waals surface area contributed by atoms with Crippen molar-refractivity contribution in [3.63, 3.8) is 0 Å². The summed E-state index contributed by atoms with van der Waals surface area (Å²) in [5, 5.41) is 7.70. The summed E-state index contributed by atoms with van der Waals surface area (Å²) >= 11 is 1.71. The van der Waals surface area contributed by atoms with Crippen LogP contribution in [-0.4, -0.2) is 37.1 Å². The van der Waals surface area contributed by atoms with Crippen molar-refractivity contribution in [2.45, 2.75) is 26.9 Å². The molecule has 0 bridgehead atoms. The first-order valence-corrected chi connectivity index (χ1v) is 8.32. The quantitative estimate of drug-likeness (QED) is 0.648. The van der Waals surface area contributed by atoms with Crippen molar-refractivity contribution in [1.29, 1.82) is 0 Å². The summed E-state index contributed by atoms with van der Waals surface area (Å²) in [5.74, 6) is 1.70. The molecule has 0 amide bonds. The Morgan fingerprint density at radius 2 is 1.91 bits per heavy atom. The van der Waals surface area contributed by atoms with Gasteiger partial charge in [-0.15, -0.1) is 11.3 Å². The molecular formula is C16H24N6S. The van der Waals surface area contributed by atoms with Gasteiger partial charge in [-0.3, -0.25) is 4.99 Å². The number of aliphatic imine (C=N–C) groups is 1. The Kier molecular flexibility index (Phi) is 5.92. The number of guanidine groups is 1. The zero-order valence-corrected chi connectivity index (χ0v) is 15.2. The third kappa shape index (κ3) is 4.92. The lowest BCUT2D eigenvalue weighted by atomic mass is 10.3. The molecule has 7 heteroatoms. The maximum Gasteiger partial charge on any atom is 0.191 e. The second-order valence-electron chi connectivity index (χ2n) is 5.40. The van der Waals surface area contributed by atoms with Gasteiger partial charge in [0.15, 0.2) is 5.96 Å². The first kappa shape index (κ1) is 17.2. The summed E-state index contributed by atoms with van der Waals surface area (Å²) < 4.78 is 0. The molecular weight excluding hydrogens is 308 g/mol. The highest BCUT2D eigenvalue weighted by atomic mass is 32.1. The van der Waals surface area contributed by atoms with E-state index in [2.05, 4.69) is 25.6 Å². The van der Waals surface area contributed by atoms with Gasteiger partial charge in [0.25, 0.3) is 0 Å². The number of nitrogens with zero attached hydrogens (tertiary/aromatic N) is 4. The van der Waals surface area contributed by atoms with Crippen LogP contribution in [0.5, 0.6) is 0 Å². The molecule has 23 heavy (non-hydrogen) atoms. The molecule has 0 aliphatic rings. The van der Waals surface area contributed by atoms with Gasteiger partial charge in [-0.05, 0) is 26.0 Å². The first-order valence-electron chi connectivity index (χ1n) is 7.50. The molecule has 2 aromatic heterocycles. The highest BCUT2D eigenvalue weighted by molar-refractivity contribution is 7.11. The molecule has 0 unspecified atom stereocenters. The van der Waals surface area contributed by atoms with E-state index in [9.17, 15) is 0 Å². The summed E-state index contributed by atoms with van der Waals surface area (Å²) in [6, 6.07) is 6.01. The number of hydrogen-bond acceptors (Lipinski definition) is 5. The van der Waals surface area contributed by atoms with Gasteiger partial charge in [-0.2, -0.15) is 0 Å². The van der Waals surface area contributed by atoms with E-state index in [1.54, 1.807) is 18.4 Å². The Morgan fingerprint density at radius 3 is 2.52 bits per heavy atom. The van der Waals surface area contributed by atoms with Crippen molar-refractivity contribution < 1.29 is 0 Å². The molecule has 0 aliphatic carbocycles. The molecule has 0 atom stereocenters. The number of rotatable bonds is 5. The molecule has 2 rings (SSSR count). The number of thiazole rings is 1. The highest BCUT2D eigenvalue weighted by Gasteiger charge is 2.06. The van der Waals surface area contributed by atoms with Crippen molar-refractivity contribution in [1.82, 2.24) is 20.6 Å². The SMILES string of the molecule is CN=C(NCc1cccc(N(C)C)n1)NCc1sc(C)nc1C. The van der Waals surface area contributed by atoms with Crippen LogP contribution in [-0.2, 0) is 13.1 Å². The van der Waals surface area contributed by atoms with Crippen molar-refractivity contribution in [2.24, 2.45) is 4.99 Å². The molecule has 2 aromatic rings.